The van der Waals surface area contributed by atoms with Crippen molar-refractivity contribution in [3.8, 4) is 6.07 Å². The van der Waals surface area contributed by atoms with Gasteiger partial charge in [0.15, 0.2) is 0 Å². The summed E-state index contributed by atoms with van der Waals surface area (Å²) in [4.78, 5) is -0.0175. The molecule has 1 aromatic carbocycles. The highest BCUT2D eigenvalue weighted by molar-refractivity contribution is 7.89. The summed E-state index contributed by atoms with van der Waals surface area (Å²) in [5.74, 6) is 0. The molecule has 7 nitrogen and oxygen atoms in total. The fraction of sp³-hybridized carbons (Fsp3) is 0.182. The van der Waals surface area contributed by atoms with E-state index in [0.29, 0.717) is 6.54 Å². The van der Waals surface area contributed by atoms with Crippen LogP contribution in [0.5, 0.6) is 0 Å². The predicted molar refractivity (Wildman–Crippen MR) is 66.4 cm³/mol. The normalized spacial score (nSPS) is 11.1. The minimum Gasteiger partial charge on any atom is -0.251 e. The van der Waals surface area contributed by atoms with Crippen molar-refractivity contribution in [3.05, 3.63) is 42.2 Å². The van der Waals surface area contributed by atoms with E-state index in [-0.39, 0.29) is 17.0 Å². The number of hydrogen-bond acceptors (Lipinski definition) is 5. The SMILES string of the molecule is N#Cc1ccccc1S(=O)(=O)NCCn1ccnn1. The molecule has 1 heterocycles. The molecule has 0 aliphatic carbocycles. The maximum atomic E-state index is 12.0. The number of hydrogen-bond donors (Lipinski definition) is 1. The molecule has 1 aromatic heterocycles. The quantitative estimate of drug-likeness (QED) is 0.837. The molecule has 19 heavy (non-hydrogen) atoms. The van der Waals surface area contributed by atoms with Crippen molar-refractivity contribution in [2.75, 3.05) is 6.54 Å². The Morgan fingerprint density at radius 1 is 1.37 bits per heavy atom. The van der Waals surface area contributed by atoms with Gasteiger partial charge in [-0.2, -0.15) is 5.26 Å². The average Bonchev–Trinajstić information content (AvgIpc) is 2.91. The summed E-state index contributed by atoms with van der Waals surface area (Å²) in [6, 6.07) is 7.92. The molecule has 0 atom stereocenters. The van der Waals surface area contributed by atoms with E-state index >= 15 is 0 Å². The zero-order valence-corrected chi connectivity index (χ0v) is 10.7. The minimum atomic E-state index is -3.69. The lowest BCUT2D eigenvalue weighted by atomic mass is 10.2. The van der Waals surface area contributed by atoms with Crippen LogP contribution in [-0.4, -0.2) is 30.0 Å². The van der Waals surface area contributed by atoms with Crippen LogP contribution >= 0.6 is 0 Å². The van der Waals surface area contributed by atoms with Gasteiger partial charge < -0.3 is 0 Å². The van der Waals surface area contributed by atoms with E-state index in [4.69, 9.17) is 5.26 Å². The summed E-state index contributed by atoms with van der Waals surface area (Å²) in [5, 5.41) is 16.2. The summed E-state index contributed by atoms with van der Waals surface area (Å²) in [7, 11) is -3.69. The monoisotopic (exact) mass is 277 g/mol. The van der Waals surface area contributed by atoms with E-state index in [2.05, 4.69) is 15.0 Å². The van der Waals surface area contributed by atoms with Gasteiger partial charge in [-0.25, -0.2) is 13.1 Å². The molecule has 0 spiro atoms. The van der Waals surface area contributed by atoms with Crippen molar-refractivity contribution in [1.82, 2.24) is 19.7 Å². The number of nitrogens with zero attached hydrogens (tertiary/aromatic N) is 4. The van der Waals surface area contributed by atoms with Crippen LogP contribution in [0.1, 0.15) is 5.56 Å². The maximum Gasteiger partial charge on any atom is 0.241 e. The Morgan fingerprint density at radius 3 is 2.84 bits per heavy atom. The molecule has 0 amide bonds. The number of rotatable bonds is 5. The molecule has 0 saturated heterocycles. The van der Waals surface area contributed by atoms with Gasteiger partial charge in [-0.1, -0.05) is 17.3 Å². The number of nitriles is 1. The molecule has 0 aliphatic heterocycles. The smallest absolute Gasteiger partial charge is 0.241 e. The van der Waals surface area contributed by atoms with Gasteiger partial charge in [0.05, 0.1) is 23.2 Å². The number of aromatic nitrogens is 3. The summed E-state index contributed by atoms with van der Waals surface area (Å²) < 4.78 is 28.0. The van der Waals surface area contributed by atoms with E-state index in [1.165, 1.54) is 23.0 Å². The zero-order chi connectivity index (χ0) is 13.7. The average molecular weight is 277 g/mol. The molecule has 8 heteroatoms. The van der Waals surface area contributed by atoms with E-state index in [1.807, 2.05) is 6.07 Å². The fourth-order valence-corrected chi connectivity index (χ4v) is 2.69. The van der Waals surface area contributed by atoms with Crippen molar-refractivity contribution in [2.45, 2.75) is 11.4 Å². The molecule has 2 rings (SSSR count). The molecular weight excluding hydrogens is 266 g/mol. The van der Waals surface area contributed by atoms with Gasteiger partial charge in [0, 0.05) is 12.7 Å². The Labute approximate surface area is 110 Å². The Bertz CT molecular complexity index is 688. The Kier molecular flexibility index (Phi) is 3.89. The first kappa shape index (κ1) is 13.2. The molecule has 0 radical (unpaired) electrons. The van der Waals surface area contributed by atoms with E-state index in [9.17, 15) is 8.42 Å². The minimum absolute atomic E-state index is 0.0175. The van der Waals surface area contributed by atoms with E-state index in [1.54, 1.807) is 18.3 Å². The van der Waals surface area contributed by atoms with Crippen LogP contribution in [0.25, 0.3) is 0 Å². The van der Waals surface area contributed by atoms with E-state index < -0.39 is 10.0 Å². The summed E-state index contributed by atoms with van der Waals surface area (Å²) in [6.45, 7) is 0.541. The molecule has 0 fully saturated rings. The lowest BCUT2D eigenvalue weighted by molar-refractivity contribution is 0.552. The molecule has 0 aliphatic rings. The van der Waals surface area contributed by atoms with Gasteiger partial charge in [-0.15, -0.1) is 5.10 Å². The van der Waals surface area contributed by atoms with Crippen LogP contribution in [0, 0.1) is 11.3 Å². The van der Waals surface area contributed by atoms with Crippen molar-refractivity contribution >= 4 is 10.0 Å². The van der Waals surface area contributed by atoms with Gasteiger partial charge in [-0.05, 0) is 12.1 Å². The summed E-state index contributed by atoms with van der Waals surface area (Å²) in [5.41, 5.74) is 0.121. The maximum absolute atomic E-state index is 12.0. The van der Waals surface area contributed by atoms with Gasteiger partial charge in [0.25, 0.3) is 0 Å². The standard InChI is InChI=1S/C11H11N5O2S/c12-9-10-3-1-2-4-11(10)19(17,18)14-6-8-16-7-5-13-15-16/h1-5,7,14H,6,8H2. The zero-order valence-electron chi connectivity index (χ0n) is 9.89. The van der Waals surface area contributed by atoms with Gasteiger partial charge in [0.2, 0.25) is 10.0 Å². The Hall–Kier alpha value is -2.24. The third-order valence-electron chi connectivity index (χ3n) is 2.40. The molecule has 0 unspecified atom stereocenters. The highest BCUT2D eigenvalue weighted by atomic mass is 32.2. The van der Waals surface area contributed by atoms with Crippen LogP contribution in [-0.2, 0) is 16.6 Å². The molecule has 2 aromatic rings. The number of nitrogens with one attached hydrogen (secondary N) is 1. The van der Waals surface area contributed by atoms with Crippen molar-refractivity contribution in [3.63, 3.8) is 0 Å². The lowest BCUT2D eigenvalue weighted by Gasteiger charge is -2.07. The topological polar surface area (TPSA) is 101 Å². The molecule has 0 saturated carbocycles. The van der Waals surface area contributed by atoms with E-state index in [0.717, 1.165) is 0 Å². The second kappa shape index (κ2) is 5.60. The largest absolute Gasteiger partial charge is 0.251 e. The predicted octanol–water partition coefficient (Wildman–Crippen LogP) is 0.128. The third-order valence-corrected chi connectivity index (χ3v) is 3.92. The van der Waals surface area contributed by atoms with Crippen molar-refractivity contribution < 1.29 is 8.42 Å². The van der Waals surface area contributed by atoms with Gasteiger partial charge in [-0.3, -0.25) is 4.68 Å². The fourth-order valence-electron chi connectivity index (χ4n) is 1.52. The first-order valence-corrected chi connectivity index (χ1v) is 6.95. The second-order valence-corrected chi connectivity index (χ2v) is 5.41. The summed E-state index contributed by atoms with van der Waals surface area (Å²) >= 11 is 0. The van der Waals surface area contributed by atoms with Crippen LogP contribution in [0.3, 0.4) is 0 Å². The molecule has 98 valence electrons. The third kappa shape index (κ3) is 3.15. The summed E-state index contributed by atoms with van der Waals surface area (Å²) in [6.07, 6.45) is 3.15. The lowest BCUT2D eigenvalue weighted by Crippen LogP contribution is -2.28. The Balaban J connectivity index is 2.08. The highest BCUT2D eigenvalue weighted by Gasteiger charge is 2.17. The molecular formula is C11H11N5O2S. The number of benzene rings is 1. The van der Waals surface area contributed by atoms with Crippen molar-refractivity contribution in [1.29, 1.82) is 5.26 Å². The van der Waals surface area contributed by atoms with Crippen LogP contribution < -0.4 is 4.72 Å². The second-order valence-electron chi connectivity index (χ2n) is 3.67. The Morgan fingerprint density at radius 2 is 2.16 bits per heavy atom. The van der Waals surface area contributed by atoms with Crippen molar-refractivity contribution in [2.24, 2.45) is 0 Å². The van der Waals surface area contributed by atoms with Gasteiger partial charge in [0.1, 0.15) is 6.07 Å². The van der Waals surface area contributed by atoms with Gasteiger partial charge >= 0.3 is 0 Å². The molecule has 1 N–H and O–H groups in total. The van der Waals surface area contributed by atoms with Crippen LogP contribution in [0.2, 0.25) is 0 Å². The highest BCUT2D eigenvalue weighted by Crippen LogP contribution is 2.13. The molecule has 0 bridgehead atoms. The number of sulfonamides is 1. The first-order valence-electron chi connectivity index (χ1n) is 5.46. The van der Waals surface area contributed by atoms with Crippen LogP contribution in [0.15, 0.2) is 41.6 Å². The first-order chi connectivity index (χ1) is 9.13. The van der Waals surface area contributed by atoms with Crippen LogP contribution in [0.4, 0.5) is 0 Å².